The van der Waals surface area contributed by atoms with Gasteiger partial charge in [0.2, 0.25) is 0 Å². The van der Waals surface area contributed by atoms with E-state index >= 15 is 0 Å². The lowest BCUT2D eigenvalue weighted by molar-refractivity contribution is 0.667. The molecule has 0 spiro atoms. The molecule has 2 N–H and O–H groups in total. The second-order valence-electron chi connectivity index (χ2n) is 1.89. The van der Waals surface area contributed by atoms with Gasteiger partial charge in [0.05, 0.1) is 0 Å². The van der Waals surface area contributed by atoms with Gasteiger partial charge in [-0.1, -0.05) is 12.2 Å². The van der Waals surface area contributed by atoms with Gasteiger partial charge in [-0.25, -0.2) is 4.39 Å². The van der Waals surface area contributed by atoms with Crippen LogP contribution in [-0.4, -0.2) is 0 Å². The topological polar surface area (TPSA) is 26.0 Å². The smallest absolute Gasteiger partial charge is 0.124 e. The monoisotopic (exact) mass is 157 g/mol. The van der Waals surface area contributed by atoms with Crippen LogP contribution in [0.15, 0.2) is 35.0 Å². The predicted octanol–water partition coefficient (Wildman–Crippen LogP) is 2.29. The molecule has 0 unspecified atom stereocenters. The maximum Gasteiger partial charge on any atom is 0.124 e. The first-order chi connectivity index (χ1) is 4.83. The highest BCUT2D eigenvalue weighted by molar-refractivity contribution is 8.01. The van der Waals surface area contributed by atoms with E-state index in [1.165, 1.54) is 12.2 Å². The Bertz CT molecular complexity index is 206. The molecule has 0 aromatic heterocycles. The van der Waals surface area contributed by atoms with Gasteiger partial charge in [0, 0.05) is 4.91 Å². The molecule has 0 radical (unpaired) electrons. The molecule has 0 bridgehead atoms. The standard InChI is InChI=1S/C7H8FNS/c8-6-3-1-2-4-7(5-6)10-9/h1,3-5H,2,9H2. The van der Waals surface area contributed by atoms with Gasteiger partial charge in [0.15, 0.2) is 0 Å². The van der Waals surface area contributed by atoms with Crippen molar-refractivity contribution in [2.24, 2.45) is 5.14 Å². The average molecular weight is 157 g/mol. The molecule has 0 aromatic carbocycles. The van der Waals surface area contributed by atoms with E-state index in [1.807, 2.05) is 6.08 Å². The van der Waals surface area contributed by atoms with Crippen molar-refractivity contribution in [3.8, 4) is 0 Å². The molecule has 54 valence electrons. The molecule has 0 saturated carbocycles. The molecule has 0 aromatic rings. The van der Waals surface area contributed by atoms with E-state index in [9.17, 15) is 4.39 Å². The third-order valence-corrected chi connectivity index (χ3v) is 1.71. The molecule has 0 amide bonds. The van der Waals surface area contributed by atoms with Gasteiger partial charge in [-0.2, -0.15) is 0 Å². The fraction of sp³-hybridized carbons (Fsp3) is 0.143. The Morgan fingerprint density at radius 1 is 1.60 bits per heavy atom. The maximum absolute atomic E-state index is 12.5. The van der Waals surface area contributed by atoms with Crippen LogP contribution in [0.3, 0.4) is 0 Å². The molecule has 1 aliphatic rings. The van der Waals surface area contributed by atoms with Crippen LogP contribution in [-0.2, 0) is 0 Å². The molecular formula is C7H8FNS. The van der Waals surface area contributed by atoms with Crippen LogP contribution < -0.4 is 5.14 Å². The van der Waals surface area contributed by atoms with E-state index < -0.39 is 0 Å². The molecule has 1 aliphatic carbocycles. The van der Waals surface area contributed by atoms with Crippen molar-refractivity contribution in [2.75, 3.05) is 0 Å². The molecule has 3 heteroatoms. The van der Waals surface area contributed by atoms with Crippen LogP contribution >= 0.6 is 11.9 Å². The van der Waals surface area contributed by atoms with Crippen molar-refractivity contribution in [3.63, 3.8) is 0 Å². The first-order valence-corrected chi connectivity index (χ1v) is 3.81. The fourth-order valence-electron chi connectivity index (χ4n) is 0.690. The molecule has 0 heterocycles. The summed E-state index contributed by atoms with van der Waals surface area (Å²) in [5.41, 5.74) is 0. The molecule has 0 saturated heterocycles. The molecule has 0 fully saturated rings. The summed E-state index contributed by atoms with van der Waals surface area (Å²) in [6, 6.07) is 0. The van der Waals surface area contributed by atoms with E-state index in [1.54, 1.807) is 6.08 Å². The first kappa shape index (κ1) is 7.57. The van der Waals surface area contributed by atoms with Crippen molar-refractivity contribution in [2.45, 2.75) is 6.42 Å². The summed E-state index contributed by atoms with van der Waals surface area (Å²) in [4.78, 5) is 0.780. The molecular weight excluding hydrogens is 149 g/mol. The summed E-state index contributed by atoms with van der Waals surface area (Å²) in [6.45, 7) is 0. The zero-order valence-electron chi connectivity index (χ0n) is 5.38. The lowest BCUT2D eigenvalue weighted by Gasteiger charge is -1.91. The number of nitrogens with two attached hydrogens (primary N) is 1. The zero-order chi connectivity index (χ0) is 7.40. The largest absolute Gasteiger partial charge is 0.274 e. The Morgan fingerprint density at radius 3 is 3.10 bits per heavy atom. The first-order valence-electron chi connectivity index (χ1n) is 2.93. The molecule has 0 aliphatic heterocycles. The SMILES string of the molecule is NSC1=CCC=CC(F)=C1. The zero-order valence-corrected chi connectivity index (χ0v) is 6.20. The lowest BCUT2D eigenvalue weighted by atomic mass is 10.4. The van der Waals surface area contributed by atoms with E-state index in [2.05, 4.69) is 0 Å². The number of allylic oxidation sites excluding steroid dienone is 5. The summed E-state index contributed by atoms with van der Waals surface area (Å²) in [5.74, 6) is -0.235. The molecule has 0 atom stereocenters. The summed E-state index contributed by atoms with van der Waals surface area (Å²) in [7, 11) is 0. The quantitative estimate of drug-likeness (QED) is 0.591. The van der Waals surface area contributed by atoms with Crippen LogP contribution in [0.1, 0.15) is 6.42 Å². The lowest BCUT2D eigenvalue weighted by Crippen LogP contribution is -1.79. The van der Waals surface area contributed by atoms with Gasteiger partial charge >= 0.3 is 0 Å². The summed E-state index contributed by atoms with van der Waals surface area (Å²) < 4.78 is 12.5. The van der Waals surface area contributed by atoms with E-state index in [-0.39, 0.29) is 5.83 Å². The number of hydrogen-bond acceptors (Lipinski definition) is 2. The highest BCUT2D eigenvalue weighted by Gasteiger charge is 1.96. The molecule has 1 rings (SSSR count). The van der Waals surface area contributed by atoms with Gasteiger partial charge < -0.3 is 0 Å². The van der Waals surface area contributed by atoms with Crippen LogP contribution in [0.4, 0.5) is 4.39 Å². The van der Waals surface area contributed by atoms with Crippen molar-refractivity contribution in [1.29, 1.82) is 0 Å². The fourth-order valence-corrected chi connectivity index (χ4v) is 1.06. The Kier molecular flexibility index (Phi) is 2.71. The van der Waals surface area contributed by atoms with E-state index in [0.717, 1.165) is 23.3 Å². The number of halogens is 1. The number of rotatable bonds is 1. The van der Waals surface area contributed by atoms with Crippen LogP contribution in [0.2, 0.25) is 0 Å². The minimum Gasteiger partial charge on any atom is -0.274 e. The Hall–Kier alpha value is -0.540. The predicted molar refractivity (Wildman–Crippen MR) is 42.8 cm³/mol. The summed E-state index contributed by atoms with van der Waals surface area (Å²) in [5, 5.41) is 5.24. The van der Waals surface area contributed by atoms with Gasteiger partial charge in [-0.05, 0) is 30.5 Å². The van der Waals surface area contributed by atoms with Crippen molar-refractivity contribution in [1.82, 2.24) is 0 Å². The maximum atomic E-state index is 12.5. The summed E-state index contributed by atoms with van der Waals surface area (Å²) >= 11 is 1.07. The highest BCUT2D eigenvalue weighted by atomic mass is 32.2. The van der Waals surface area contributed by atoms with Gasteiger partial charge in [0.25, 0.3) is 0 Å². The van der Waals surface area contributed by atoms with E-state index in [4.69, 9.17) is 5.14 Å². The molecule has 1 nitrogen and oxygen atoms in total. The number of hydrogen-bond donors (Lipinski definition) is 1. The van der Waals surface area contributed by atoms with Crippen LogP contribution in [0, 0.1) is 0 Å². The van der Waals surface area contributed by atoms with Crippen molar-refractivity contribution < 1.29 is 4.39 Å². The Balaban J connectivity index is 2.77. The molecule has 10 heavy (non-hydrogen) atoms. The van der Waals surface area contributed by atoms with Crippen molar-refractivity contribution in [3.05, 3.63) is 35.0 Å². The highest BCUT2D eigenvalue weighted by Crippen LogP contribution is 2.17. The summed E-state index contributed by atoms with van der Waals surface area (Å²) in [6.07, 6.45) is 7.26. The minimum absolute atomic E-state index is 0.235. The average Bonchev–Trinajstić information content (AvgIpc) is 2.13. The second-order valence-corrected chi connectivity index (χ2v) is 2.60. The minimum atomic E-state index is -0.235. The Labute approximate surface area is 63.6 Å². The third-order valence-electron chi connectivity index (χ3n) is 1.15. The second kappa shape index (κ2) is 3.58. The van der Waals surface area contributed by atoms with Gasteiger partial charge in [-0.3, -0.25) is 5.14 Å². The van der Waals surface area contributed by atoms with E-state index in [0.29, 0.717) is 0 Å². The normalized spacial score (nSPS) is 17.8. The van der Waals surface area contributed by atoms with Gasteiger partial charge in [0.1, 0.15) is 5.83 Å². The van der Waals surface area contributed by atoms with Crippen LogP contribution in [0.25, 0.3) is 0 Å². The third kappa shape index (κ3) is 2.01. The Morgan fingerprint density at radius 2 is 2.40 bits per heavy atom. The van der Waals surface area contributed by atoms with Crippen LogP contribution in [0.5, 0.6) is 0 Å². The van der Waals surface area contributed by atoms with Crippen molar-refractivity contribution >= 4 is 11.9 Å². The van der Waals surface area contributed by atoms with Gasteiger partial charge in [-0.15, -0.1) is 0 Å².